The van der Waals surface area contributed by atoms with Crippen LogP contribution in [0.1, 0.15) is 55.1 Å². The Morgan fingerprint density at radius 2 is 1.86 bits per heavy atom. The number of pyridine rings is 1. The van der Waals surface area contributed by atoms with Crippen LogP contribution in [-0.2, 0) is 4.74 Å². The Morgan fingerprint density at radius 1 is 1.08 bits per heavy atom. The molecule has 0 bridgehead atoms. The molecule has 190 valence electrons. The number of carbonyl (C=O) groups excluding carboxylic acids is 1. The molecular weight excluding hydrogens is 468 g/mol. The van der Waals surface area contributed by atoms with Crippen molar-refractivity contribution in [3.63, 3.8) is 0 Å². The van der Waals surface area contributed by atoms with E-state index in [1.54, 1.807) is 32.2 Å². The molecule has 6 unspecified atom stereocenters. The number of aliphatic imine (C=N–C) groups is 1. The van der Waals surface area contributed by atoms with Gasteiger partial charge in [-0.05, 0) is 55.9 Å². The number of nitrogens with zero attached hydrogens (tertiary/aromatic N) is 2. The van der Waals surface area contributed by atoms with E-state index < -0.39 is 47.9 Å². The van der Waals surface area contributed by atoms with Crippen molar-refractivity contribution in [1.82, 2.24) is 10.3 Å². The number of carbonyl (C=O) groups is 1. The van der Waals surface area contributed by atoms with Gasteiger partial charge in [-0.3, -0.25) is 9.79 Å². The third-order valence-corrected chi connectivity index (χ3v) is 7.37. The largest absolute Gasteiger partial charge is 0.390 e. The van der Waals surface area contributed by atoms with E-state index in [1.165, 1.54) is 18.3 Å². The molecule has 1 aliphatic carbocycles. The van der Waals surface area contributed by atoms with E-state index in [1.807, 2.05) is 0 Å². The number of ether oxygens (including phenoxy) is 1. The molecule has 2 aromatic rings. The Labute approximate surface area is 207 Å². The number of aliphatic hydroxyl groups is 2. The second-order valence-electron chi connectivity index (χ2n) is 9.86. The average Bonchev–Trinajstić information content (AvgIpc) is 3.71. The molecule has 0 spiro atoms. The highest BCUT2D eigenvalue weighted by atomic mass is 19.1. The average molecular weight is 498 g/mol. The molecule has 1 saturated carbocycles. The van der Waals surface area contributed by atoms with E-state index in [4.69, 9.17) is 4.74 Å². The van der Waals surface area contributed by atoms with Crippen molar-refractivity contribution < 1.29 is 28.5 Å². The number of amides is 1. The fourth-order valence-electron chi connectivity index (χ4n) is 5.13. The molecule has 1 saturated heterocycles. The van der Waals surface area contributed by atoms with E-state index in [-0.39, 0.29) is 28.8 Å². The first-order chi connectivity index (χ1) is 17.3. The van der Waals surface area contributed by atoms with Gasteiger partial charge < -0.3 is 20.3 Å². The minimum absolute atomic E-state index is 0.0629. The highest BCUT2D eigenvalue weighted by Crippen LogP contribution is 2.45. The molecule has 1 aromatic heterocycles. The van der Waals surface area contributed by atoms with Gasteiger partial charge in [0.1, 0.15) is 29.1 Å². The molecule has 1 amide bonds. The summed E-state index contributed by atoms with van der Waals surface area (Å²) in [4.78, 5) is 21.6. The van der Waals surface area contributed by atoms with Gasteiger partial charge in [0.05, 0.1) is 18.3 Å². The molecule has 3 aliphatic rings. The third-order valence-electron chi connectivity index (χ3n) is 7.37. The number of benzene rings is 1. The van der Waals surface area contributed by atoms with E-state index in [2.05, 4.69) is 15.3 Å². The predicted octanol–water partition coefficient (Wildman–Crippen LogP) is 3.71. The maximum atomic E-state index is 14.8. The van der Waals surface area contributed by atoms with Gasteiger partial charge in [-0.25, -0.2) is 13.8 Å². The van der Waals surface area contributed by atoms with Gasteiger partial charge in [-0.1, -0.05) is 19.1 Å². The van der Waals surface area contributed by atoms with Crippen LogP contribution in [0, 0.1) is 23.5 Å². The molecule has 1 aromatic carbocycles. The second kappa shape index (κ2) is 9.80. The minimum Gasteiger partial charge on any atom is -0.390 e. The number of rotatable bonds is 5. The van der Waals surface area contributed by atoms with Crippen molar-refractivity contribution in [2.24, 2.45) is 16.8 Å². The van der Waals surface area contributed by atoms with Crippen LogP contribution >= 0.6 is 0 Å². The van der Waals surface area contributed by atoms with E-state index in [9.17, 15) is 23.8 Å². The standard InChI is InChI=1S/C27H29F2N3O4/c1-13-24(33)25(34)14(2)36-26(13)17-10-11-30-12-21(17)32-27(35)20-9-8-19(29)23(31-20)22-16(15-6-7-15)4-3-5-18(22)28/h3-5,8-9,11-15,17,24-26,33-34H,6-7,10H2,1-2H3,(H,32,35). The summed E-state index contributed by atoms with van der Waals surface area (Å²) >= 11 is 0. The zero-order valence-electron chi connectivity index (χ0n) is 20.1. The lowest BCUT2D eigenvalue weighted by Gasteiger charge is -2.44. The number of hydrogen-bond donors (Lipinski definition) is 3. The lowest BCUT2D eigenvalue weighted by atomic mass is 9.79. The van der Waals surface area contributed by atoms with Crippen molar-refractivity contribution in [3.05, 3.63) is 65.1 Å². The number of halogens is 2. The van der Waals surface area contributed by atoms with Crippen LogP contribution in [0.25, 0.3) is 11.3 Å². The lowest BCUT2D eigenvalue weighted by molar-refractivity contribution is -0.200. The van der Waals surface area contributed by atoms with Crippen LogP contribution in [0.3, 0.4) is 0 Å². The second-order valence-corrected chi connectivity index (χ2v) is 9.86. The van der Waals surface area contributed by atoms with E-state index in [0.717, 1.165) is 18.9 Å². The quantitative estimate of drug-likeness (QED) is 0.584. The Balaban J connectivity index is 1.41. The van der Waals surface area contributed by atoms with Crippen LogP contribution in [0.2, 0.25) is 0 Å². The summed E-state index contributed by atoms with van der Waals surface area (Å²) in [6.45, 7) is 3.48. The van der Waals surface area contributed by atoms with Gasteiger partial charge in [0.2, 0.25) is 0 Å². The highest BCUT2D eigenvalue weighted by Gasteiger charge is 2.44. The van der Waals surface area contributed by atoms with Gasteiger partial charge >= 0.3 is 0 Å². The molecule has 9 heteroatoms. The van der Waals surface area contributed by atoms with E-state index in [0.29, 0.717) is 17.7 Å². The Bertz CT molecular complexity index is 1230. The summed E-state index contributed by atoms with van der Waals surface area (Å²) < 4.78 is 35.6. The molecule has 3 heterocycles. The molecule has 0 radical (unpaired) electrons. The minimum atomic E-state index is -1.00. The fraction of sp³-hybridized carbons (Fsp3) is 0.444. The Hall–Kier alpha value is -3.01. The van der Waals surface area contributed by atoms with Gasteiger partial charge in [0.25, 0.3) is 5.91 Å². The number of aromatic nitrogens is 1. The molecule has 2 aliphatic heterocycles. The highest BCUT2D eigenvalue weighted by molar-refractivity contribution is 5.94. The zero-order chi connectivity index (χ0) is 25.6. The van der Waals surface area contributed by atoms with E-state index >= 15 is 0 Å². The first-order valence-corrected chi connectivity index (χ1v) is 12.3. The van der Waals surface area contributed by atoms with Crippen molar-refractivity contribution >= 4 is 12.1 Å². The van der Waals surface area contributed by atoms with Crippen LogP contribution in [-0.4, -0.2) is 51.7 Å². The molecular formula is C27H29F2N3O4. The van der Waals surface area contributed by atoms with Crippen LogP contribution in [0.4, 0.5) is 8.78 Å². The smallest absolute Gasteiger partial charge is 0.274 e. The first kappa shape index (κ1) is 24.7. The maximum absolute atomic E-state index is 14.8. The predicted molar refractivity (Wildman–Crippen MR) is 129 cm³/mol. The Morgan fingerprint density at radius 3 is 2.61 bits per heavy atom. The van der Waals surface area contributed by atoms with Gasteiger partial charge in [0, 0.05) is 35.5 Å². The zero-order valence-corrected chi connectivity index (χ0v) is 20.1. The van der Waals surface area contributed by atoms with Gasteiger partial charge in [-0.15, -0.1) is 0 Å². The van der Waals surface area contributed by atoms with Gasteiger partial charge in [-0.2, -0.15) is 0 Å². The normalized spacial score (nSPS) is 30.1. The van der Waals surface area contributed by atoms with Crippen LogP contribution < -0.4 is 5.32 Å². The molecule has 6 atom stereocenters. The van der Waals surface area contributed by atoms with Crippen molar-refractivity contribution in [2.75, 3.05) is 0 Å². The molecule has 2 fully saturated rings. The monoisotopic (exact) mass is 497 g/mol. The topological polar surface area (TPSA) is 104 Å². The molecule has 5 rings (SSSR count). The fourth-order valence-corrected chi connectivity index (χ4v) is 5.13. The molecule has 3 N–H and O–H groups in total. The number of hydrogen-bond acceptors (Lipinski definition) is 6. The number of nitrogens with one attached hydrogen (secondary N) is 1. The number of aliphatic hydroxyl groups excluding tert-OH is 2. The summed E-state index contributed by atoms with van der Waals surface area (Å²) in [7, 11) is 0. The molecule has 7 nitrogen and oxygen atoms in total. The third kappa shape index (κ3) is 4.58. The van der Waals surface area contributed by atoms with Crippen LogP contribution in [0.15, 0.2) is 47.2 Å². The van der Waals surface area contributed by atoms with Crippen molar-refractivity contribution in [1.29, 1.82) is 0 Å². The summed E-state index contributed by atoms with van der Waals surface area (Å²) in [6, 6.07) is 7.02. The summed E-state index contributed by atoms with van der Waals surface area (Å²) in [5, 5.41) is 23.4. The van der Waals surface area contributed by atoms with Crippen molar-refractivity contribution in [3.8, 4) is 11.3 Å². The lowest BCUT2D eigenvalue weighted by Crippen LogP contribution is -2.55. The molecule has 36 heavy (non-hydrogen) atoms. The summed E-state index contributed by atoms with van der Waals surface area (Å²) in [5.41, 5.74) is 1.00. The SMILES string of the molecule is CC1OC(C2CC=NC=C2NC(=O)c2ccc(F)c(-c3c(F)cccc3C3CC3)n2)C(C)C(O)C1O. The summed E-state index contributed by atoms with van der Waals surface area (Å²) in [5.74, 6) is -2.44. The van der Waals surface area contributed by atoms with Crippen LogP contribution in [0.5, 0.6) is 0 Å². The maximum Gasteiger partial charge on any atom is 0.274 e. The Kier molecular flexibility index (Phi) is 6.72. The van der Waals surface area contributed by atoms with Gasteiger partial charge in [0.15, 0.2) is 0 Å². The van der Waals surface area contributed by atoms with Crippen molar-refractivity contribution in [2.45, 2.75) is 63.4 Å². The first-order valence-electron chi connectivity index (χ1n) is 12.3. The summed E-state index contributed by atoms with van der Waals surface area (Å²) in [6.07, 6.45) is 2.43.